The van der Waals surface area contributed by atoms with Crippen LogP contribution in [0.3, 0.4) is 0 Å². The van der Waals surface area contributed by atoms with Crippen LogP contribution in [0.15, 0.2) is 47.4 Å². The van der Waals surface area contributed by atoms with Crippen molar-refractivity contribution < 1.29 is 13.3 Å². The summed E-state index contributed by atoms with van der Waals surface area (Å²) in [6.45, 7) is 4.82. The average Bonchev–Trinajstić information content (AvgIpc) is 2.61. The van der Waals surface area contributed by atoms with E-state index in [1.165, 1.54) is 23.4 Å². The molecule has 0 amide bonds. The first-order valence-corrected chi connectivity index (χ1v) is 10.2. The molecule has 0 radical (unpaired) electrons. The van der Waals surface area contributed by atoms with Crippen LogP contribution in [0.5, 0.6) is 0 Å². The van der Waals surface area contributed by atoms with E-state index in [9.17, 15) is 18.5 Å². The average molecular weight is 375 g/mol. The van der Waals surface area contributed by atoms with Gasteiger partial charge in [-0.15, -0.1) is 0 Å². The van der Waals surface area contributed by atoms with Gasteiger partial charge in [-0.25, -0.2) is 8.42 Å². The van der Waals surface area contributed by atoms with Crippen molar-refractivity contribution in [2.75, 3.05) is 42.2 Å². The number of sulfone groups is 1. The highest BCUT2D eigenvalue weighted by Gasteiger charge is 2.26. The molecule has 1 heterocycles. The predicted molar refractivity (Wildman–Crippen MR) is 102 cm³/mol. The van der Waals surface area contributed by atoms with Gasteiger partial charge in [-0.3, -0.25) is 10.1 Å². The monoisotopic (exact) mass is 375 g/mol. The molecule has 0 aliphatic carbocycles. The van der Waals surface area contributed by atoms with E-state index in [-0.39, 0.29) is 10.6 Å². The van der Waals surface area contributed by atoms with Crippen LogP contribution in [0.25, 0.3) is 0 Å². The van der Waals surface area contributed by atoms with E-state index in [4.69, 9.17) is 0 Å². The Balaban J connectivity index is 1.83. The number of para-hydroxylation sites is 1. The number of nitro benzene ring substituents is 1. The molecular weight excluding hydrogens is 354 g/mol. The van der Waals surface area contributed by atoms with Crippen LogP contribution in [0, 0.1) is 17.0 Å². The van der Waals surface area contributed by atoms with Crippen LogP contribution in [0.4, 0.5) is 17.1 Å². The summed E-state index contributed by atoms with van der Waals surface area (Å²) in [5, 5.41) is 11.4. The molecule has 0 spiro atoms. The second-order valence-corrected chi connectivity index (χ2v) is 8.46. The topological polar surface area (TPSA) is 83.8 Å². The number of piperazine rings is 1. The van der Waals surface area contributed by atoms with Crippen molar-refractivity contribution >= 4 is 26.9 Å². The van der Waals surface area contributed by atoms with Crippen molar-refractivity contribution in [2.45, 2.75) is 11.8 Å². The molecule has 3 rings (SSSR count). The molecule has 0 aromatic heterocycles. The summed E-state index contributed by atoms with van der Waals surface area (Å²) >= 11 is 0. The molecule has 1 aliphatic heterocycles. The summed E-state index contributed by atoms with van der Waals surface area (Å²) in [5.74, 6) is 0. The molecule has 26 heavy (non-hydrogen) atoms. The van der Waals surface area contributed by atoms with Gasteiger partial charge in [-0.2, -0.15) is 0 Å². The van der Waals surface area contributed by atoms with Crippen molar-refractivity contribution in [2.24, 2.45) is 0 Å². The van der Waals surface area contributed by atoms with E-state index >= 15 is 0 Å². The minimum absolute atomic E-state index is 0.0357. The van der Waals surface area contributed by atoms with Crippen LogP contribution in [-0.4, -0.2) is 45.8 Å². The van der Waals surface area contributed by atoms with Crippen molar-refractivity contribution in [1.29, 1.82) is 0 Å². The third-order valence-corrected chi connectivity index (χ3v) is 5.76. The zero-order chi connectivity index (χ0) is 18.9. The number of benzene rings is 2. The summed E-state index contributed by atoms with van der Waals surface area (Å²) < 4.78 is 23.4. The zero-order valence-electron chi connectivity index (χ0n) is 14.8. The highest BCUT2D eigenvalue weighted by molar-refractivity contribution is 7.90. The molecule has 0 unspecified atom stereocenters. The fourth-order valence-corrected chi connectivity index (χ4v) is 3.89. The number of nitro groups is 1. The third kappa shape index (κ3) is 3.65. The third-order valence-electron chi connectivity index (χ3n) is 4.65. The number of aryl methyl sites for hydroxylation is 1. The Bertz CT molecular complexity index is 935. The Hall–Kier alpha value is -2.61. The minimum atomic E-state index is -3.49. The molecule has 0 bridgehead atoms. The van der Waals surface area contributed by atoms with Crippen molar-refractivity contribution in [3.05, 3.63) is 58.1 Å². The van der Waals surface area contributed by atoms with Crippen LogP contribution in [-0.2, 0) is 9.84 Å². The second-order valence-electron chi connectivity index (χ2n) is 6.44. The lowest BCUT2D eigenvalue weighted by molar-refractivity contribution is -0.384. The quantitative estimate of drug-likeness (QED) is 0.603. The highest BCUT2D eigenvalue weighted by atomic mass is 32.2. The maximum absolute atomic E-state index is 11.7. The normalized spacial score (nSPS) is 15.2. The van der Waals surface area contributed by atoms with E-state index in [0.29, 0.717) is 18.8 Å². The van der Waals surface area contributed by atoms with Crippen molar-refractivity contribution in [3.63, 3.8) is 0 Å². The SMILES string of the molecule is Cc1ccccc1N1CCN(c2ccc(S(C)(=O)=O)cc2[N+](=O)[O-])CC1. The van der Waals surface area contributed by atoms with E-state index in [1.54, 1.807) is 0 Å². The summed E-state index contributed by atoms with van der Waals surface area (Å²) in [5.41, 5.74) is 2.67. The lowest BCUT2D eigenvalue weighted by Gasteiger charge is -2.37. The van der Waals surface area contributed by atoms with Crippen LogP contribution in [0.2, 0.25) is 0 Å². The van der Waals surface area contributed by atoms with Gasteiger partial charge in [-0.1, -0.05) is 18.2 Å². The molecule has 2 aromatic rings. The van der Waals surface area contributed by atoms with E-state index in [2.05, 4.69) is 24.0 Å². The summed E-state index contributed by atoms with van der Waals surface area (Å²) in [7, 11) is -3.49. The van der Waals surface area contributed by atoms with Crippen LogP contribution in [0.1, 0.15) is 5.56 Å². The number of anilines is 2. The van der Waals surface area contributed by atoms with E-state index in [1.807, 2.05) is 17.0 Å². The number of hydrogen-bond donors (Lipinski definition) is 0. The van der Waals surface area contributed by atoms with Crippen molar-refractivity contribution in [1.82, 2.24) is 0 Å². The van der Waals surface area contributed by atoms with E-state index < -0.39 is 14.8 Å². The molecule has 1 saturated heterocycles. The first-order valence-electron chi connectivity index (χ1n) is 8.31. The predicted octanol–water partition coefficient (Wildman–Crippen LogP) is 2.63. The molecule has 0 N–H and O–H groups in total. The Kier molecular flexibility index (Phi) is 4.86. The Morgan fingerprint density at radius 2 is 1.54 bits per heavy atom. The molecule has 2 aromatic carbocycles. The minimum Gasteiger partial charge on any atom is -0.368 e. The first kappa shape index (κ1) is 18.2. The van der Waals surface area contributed by atoms with Gasteiger partial charge in [0.1, 0.15) is 5.69 Å². The Morgan fingerprint density at radius 1 is 0.962 bits per heavy atom. The summed E-state index contributed by atoms with van der Waals surface area (Å²) in [6, 6.07) is 12.3. The summed E-state index contributed by atoms with van der Waals surface area (Å²) in [6.07, 6.45) is 1.05. The molecule has 7 nitrogen and oxygen atoms in total. The van der Waals surface area contributed by atoms with Gasteiger partial charge < -0.3 is 9.80 Å². The zero-order valence-corrected chi connectivity index (χ0v) is 15.6. The Labute approximate surface area is 152 Å². The van der Waals surface area contributed by atoms with Crippen LogP contribution >= 0.6 is 0 Å². The maximum Gasteiger partial charge on any atom is 0.293 e. The summed E-state index contributed by atoms with van der Waals surface area (Å²) in [4.78, 5) is 15.1. The van der Waals surface area contributed by atoms with Gasteiger partial charge in [-0.05, 0) is 30.7 Å². The molecule has 1 aliphatic rings. The van der Waals surface area contributed by atoms with Gasteiger partial charge in [0.15, 0.2) is 9.84 Å². The Morgan fingerprint density at radius 3 is 2.08 bits per heavy atom. The molecule has 138 valence electrons. The van der Waals surface area contributed by atoms with Gasteiger partial charge >= 0.3 is 0 Å². The fourth-order valence-electron chi connectivity index (χ4n) is 3.25. The van der Waals surface area contributed by atoms with Gasteiger partial charge in [0.05, 0.1) is 9.82 Å². The standard InChI is InChI=1S/C18H21N3O4S/c1-14-5-3-4-6-16(14)19-9-11-20(12-10-19)17-8-7-15(26(2,24)25)13-18(17)21(22)23/h3-8,13H,9-12H2,1-2H3. The molecular formula is C18H21N3O4S. The van der Waals surface area contributed by atoms with E-state index in [0.717, 1.165) is 25.4 Å². The molecule has 8 heteroatoms. The molecule has 0 atom stereocenters. The molecule has 0 saturated carbocycles. The van der Waals surface area contributed by atoms with Gasteiger partial charge in [0.2, 0.25) is 0 Å². The second kappa shape index (κ2) is 6.95. The lowest BCUT2D eigenvalue weighted by atomic mass is 10.1. The van der Waals surface area contributed by atoms with Gasteiger partial charge in [0, 0.05) is 44.2 Å². The van der Waals surface area contributed by atoms with Gasteiger partial charge in [0.25, 0.3) is 5.69 Å². The fraction of sp³-hybridized carbons (Fsp3) is 0.333. The van der Waals surface area contributed by atoms with Crippen LogP contribution < -0.4 is 9.80 Å². The maximum atomic E-state index is 11.7. The number of nitrogens with zero attached hydrogens (tertiary/aromatic N) is 3. The van der Waals surface area contributed by atoms with Crippen molar-refractivity contribution in [3.8, 4) is 0 Å². The largest absolute Gasteiger partial charge is 0.368 e. The highest BCUT2D eigenvalue weighted by Crippen LogP contribution is 2.32. The molecule has 1 fully saturated rings. The number of rotatable bonds is 4. The first-order chi connectivity index (χ1) is 12.3. The lowest BCUT2D eigenvalue weighted by Crippen LogP contribution is -2.47. The number of hydrogen-bond acceptors (Lipinski definition) is 6. The smallest absolute Gasteiger partial charge is 0.293 e.